The maximum Gasteiger partial charge on any atom is 0.137 e. The highest BCUT2D eigenvalue weighted by Crippen LogP contribution is 2.20. The van der Waals surface area contributed by atoms with Gasteiger partial charge in [0.05, 0.1) is 4.47 Å². The van der Waals surface area contributed by atoms with Crippen LogP contribution in [0.5, 0.6) is 0 Å². The van der Waals surface area contributed by atoms with Gasteiger partial charge in [-0.1, -0.05) is 36.4 Å². The number of halogens is 2. The van der Waals surface area contributed by atoms with Gasteiger partial charge in [0, 0.05) is 6.04 Å². The standard InChI is InChI=1S/C16H17BrFN/c17-14-11-12(9-10-15(14)18)5-4-8-16(19)13-6-2-1-3-7-13/h1-3,6-7,9-11,16H,4-5,8,19H2. The van der Waals surface area contributed by atoms with E-state index in [1.807, 2.05) is 30.3 Å². The Balaban J connectivity index is 1.85. The van der Waals surface area contributed by atoms with Crippen LogP contribution >= 0.6 is 15.9 Å². The Kier molecular flexibility index (Phi) is 5.11. The number of rotatable bonds is 5. The van der Waals surface area contributed by atoms with E-state index >= 15 is 0 Å². The van der Waals surface area contributed by atoms with Crippen LogP contribution in [0, 0.1) is 5.82 Å². The lowest BCUT2D eigenvalue weighted by Gasteiger charge is -2.11. The summed E-state index contributed by atoms with van der Waals surface area (Å²) >= 11 is 3.20. The molecule has 3 heteroatoms. The van der Waals surface area contributed by atoms with Gasteiger partial charge in [0.15, 0.2) is 0 Å². The van der Waals surface area contributed by atoms with Gasteiger partial charge in [0.2, 0.25) is 0 Å². The monoisotopic (exact) mass is 321 g/mol. The molecule has 0 fully saturated rings. The molecule has 0 aromatic heterocycles. The molecule has 0 heterocycles. The number of benzene rings is 2. The first-order valence-electron chi connectivity index (χ1n) is 6.41. The van der Waals surface area contributed by atoms with Gasteiger partial charge in [-0.3, -0.25) is 0 Å². The number of aryl methyl sites for hydroxylation is 1. The van der Waals surface area contributed by atoms with Gasteiger partial charge >= 0.3 is 0 Å². The van der Waals surface area contributed by atoms with Crippen molar-refractivity contribution in [3.05, 3.63) is 69.9 Å². The van der Waals surface area contributed by atoms with Crippen molar-refractivity contribution in [2.75, 3.05) is 0 Å². The van der Waals surface area contributed by atoms with E-state index in [1.165, 1.54) is 11.6 Å². The number of hydrogen-bond acceptors (Lipinski definition) is 1. The minimum absolute atomic E-state index is 0.0742. The predicted octanol–water partition coefficient (Wildman–Crippen LogP) is 4.61. The average Bonchev–Trinajstić information content (AvgIpc) is 2.43. The molecule has 0 aliphatic rings. The van der Waals surface area contributed by atoms with E-state index in [0.29, 0.717) is 4.47 Å². The van der Waals surface area contributed by atoms with Crippen molar-refractivity contribution in [2.24, 2.45) is 5.73 Å². The third kappa shape index (κ3) is 4.15. The number of nitrogens with two attached hydrogens (primary N) is 1. The van der Waals surface area contributed by atoms with Crippen molar-refractivity contribution in [3.63, 3.8) is 0 Å². The summed E-state index contributed by atoms with van der Waals surface area (Å²) in [5.74, 6) is -0.218. The zero-order valence-electron chi connectivity index (χ0n) is 10.7. The molecule has 0 aliphatic heterocycles. The lowest BCUT2D eigenvalue weighted by atomic mass is 10.00. The molecule has 2 aromatic carbocycles. The fourth-order valence-electron chi connectivity index (χ4n) is 2.09. The Morgan fingerprint density at radius 2 is 1.84 bits per heavy atom. The van der Waals surface area contributed by atoms with Crippen LogP contribution in [0.15, 0.2) is 53.0 Å². The molecular weight excluding hydrogens is 305 g/mol. The SMILES string of the molecule is NC(CCCc1ccc(F)c(Br)c1)c1ccccc1. The Labute approximate surface area is 121 Å². The molecule has 2 rings (SSSR count). The van der Waals surface area contributed by atoms with Gasteiger partial charge in [0.1, 0.15) is 5.82 Å². The fraction of sp³-hybridized carbons (Fsp3) is 0.250. The first-order chi connectivity index (χ1) is 9.16. The molecule has 0 aliphatic carbocycles. The van der Waals surface area contributed by atoms with Crippen molar-refractivity contribution in [1.82, 2.24) is 0 Å². The van der Waals surface area contributed by atoms with Crippen molar-refractivity contribution in [1.29, 1.82) is 0 Å². The average molecular weight is 322 g/mol. The zero-order chi connectivity index (χ0) is 13.7. The van der Waals surface area contributed by atoms with E-state index in [2.05, 4.69) is 28.1 Å². The van der Waals surface area contributed by atoms with E-state index in [1.54, 1.807) is 0 Å². The molecular formula is C16H17BrFN. The highest BCUT2D eigenvalue weighted by molar-refractivity contribution is 9.10. The minimum Gasteiger partial charge on any atom is -0.324 e. The quantitative estimate of drug-likeness (QED) is 0.855. The fourth-order valence-corrected chi connectivity index (χ4v) is 2.51. The van der Waals surface area contributed by atoms with E-state index in [-0.39, 0.29) is 11.9 Å². The van der Waals surface area contributed by atoms with Crippen LogP contribution in [-0.2, 0) is 6.42 Å². The molecule has 0 bridgehead atoms. The molecule has 2 aromatic rings. The van der Waals surface area contributed by atoms with Gasteiger partial charge < -0.3 is 5.73 Å². The highest BCUT2D eigenvalue weighted by Gasteiger charge is 2.06. The third-order valence-electron chi connectivity index (χ3n) is 3.19. The first-order valence-corrected chi connectivity index (χ1v) is 7.20. The maximum absolute atomic E-state index is 13.1. The lowest BCUT2D eigenvalue weighted by molar-refractivity contribution is 0.606. The maximum atomic E-state index is 13.1. The van der Waals surface area contributed by atoms with Gasteiger partial charge in [0.25, 0.3) is 0 Å². The summed E-state index contributed by atoms with van der Waals surface area (Å²) in [6.07, 6.45) is 2.84. The van der Waals surface area contributed by atoms with Gasteiger partial charge in [-0.2, -0.15) is 0 Å². The summed E-state index contributed by atoms with van der Waals surface area (Å²) in [4.78, 5) is 0. The van der Waals surface area contributed by atoms with Crippen LogP contribution in [0.4, 0.5) is 4.39 Å². The lowest BCUT2D eigenvalue weighted by Crippen LogP contribution is -2.10. The second-order valence-corrected chi connectivity index (χ2v) is 5.51. The zero-order valence-corrected chi connectivity index (χ0v) is 12.2. The summed E-state index contributed by atoms with van der Waals surface area (Å²) in [6.45, 7) is 0. The van der Waals surface area contributed by atoms with Crippen LogP contribution < -0.4 is 5.73 Å². The van der Waals surface area contributed by atoms with E-state index < -0.39 is 0 Å². The summed E-state index contributed by atoms with van der Waals surface area (Å²) in [5.41, 5.74) is 8.45. The van der Waals surface area contributed by atoms with Crippen molar-refractivity contribution in [2.45, 2.75) is 25.3 Å². The van der Waals surface area contributed by atoms with E-state index in [0.717, 1.165) is 24.8 Å². The molecule has 0 spiro atoms. The van der Waals surface area contributed by atoms with Crippen LogP contribution in [0.3, 0.4) is 0 Å². The summed E-state index contributed by atoms with van der Waals surface area (Å²) < 4.78 is 13.6. The molecule has 0 amide bonds. The molecule has 2 N–H and O–H groups in total. The molecule has 1 unspecified atom stereocenters. The van der Waals surface area contributed by atoms with Crippen molar-refractivity contribution >= 4 is 15.9 Å². The molecule has 1 atom stereocenters. The van der Waals surface area contributed by atoms with Crippen LogP contribution in [0.1, 0.15) is 30.0 Å². The molecule has 1 nitrogen and oxygen atoms in total. The van der Waals surface area contributed by atoms with Crippen molar-refractivity contribution < 1.29 is 4.39 Å². The molecule has 19 heavy (non-hydrogen) atoms. The Bertz CT molecular complexity index is 528. The number of hydrogen-bond donors (Lipinski definition) is 1. The summed E-state index contributed by atoms with van der Waals surface area (Å²) in [6, 6.07) is 15.3. The van der Waals surface area contributed by atoms with Gasteiger partial charge in [-0.25, -0.2) is 4.39 Å². The molecule has 0 saturated heterocycles. The third-order valence-corrected chi connectivity index (χ3v) is 3.80. The molecule has 100 valence electrons. The van der Waals surface area contributed by atoms with Crippen LogP contribution in [0.25, 0.3) is 0 Å². The smallest absolute Gasteiger partial charge is 0.137 e. The minimum atomic E-state index is -0.218. The molecule has 0 radical (unpaired) electrons. The highest BCUT2D eigenvalue weighted by atomic mass is 79.9. The van der Waals surface area contributed by atoms with Gasteiger partial charge in [-0.15, -0.1) is 0 Å². The second-order valence-electron chi connectivity index (χ2n) is 4.66. The predicted molar refractivity (Wildman–Crippen MR) is 80.4 cm³/mol. The summed E-state index contributed by atoms with van der Waals surface area (Å²) in [5, 5.41) is 0. The Hall–Kier alpha value is -1.19. The van der Waals surface area contributed by atoms with Crippen LogP contribution in [0.2, 0.25) is 0 Å². The Morgan fingerprint density at radius 3 is 2.53 bits per heavy atom. The second kappa shape index (κ2) is 6.83. The largest absolute Gasteiger partial charge is 0.324 e. The van der Waals surface area contributed by atoms with E-state index in [9.17, 15) is 4.39 Å². The summed E-state index contributed by atoms with van der Waals surface area (Å²) in [7, 11) is 0. The van der Waals surface area contributed by atoms with Crippen LogP contribution in [-0.4, -0.2) is 0 Å². The topological polar surface area (TPSA) is 26.0 Å². The van der Waals surface area contributed by atoms with Gasteiger partial charge in [-0.05, 0) is 58.5 Å². The first kappa shape index (κ1) is 14.2. The molecule has 0 saturated carbocycles. The van der Waals surface area contributed by atoms with Crippen molar-refractivity contribution in [3.8, 4) is 0 Å². The Morgan fingerprint density at radius 1 is 1.11 bits per heavy atom. The van der Waals surface area contributed by atoms with E-state index in [4.69, 9.17) is 5.73 Å². The normalized spacial score (nSPS) is 12.4.